The zero-order valence-electron chi connectivity index (χ0n) is 20.1. The first-order valence-electron chi connectivity index (χ1n) is 11.2. The summed E-state index contributed by atoms with van der Waals surface area (Å²) in [5, 5.41) is 8.19. The second kappa shape index (κ2) is 12.2. The lowest BCUT2D eigenvalue weighted by molar-refractivity contribution is 0.0902. The number of nitrogens with zero attached hydrogens (tertiary/aromatic N) is 2. The molecule has 9 nitrogen and oxygen atoms in total. The van der Waals surface area contributed by atoms with Crippen LogP contribution < -0.4 is 20.3 Å². The summed E-state index contributed by atoms with van der Waals surface area (Å²) in [6, 6.07) is 17.5. The van der Waals surface area contributed by atoms with E-state index in [0.29, 0.717) is 24.6 Å². The molecule has 182 valence electrons. The fourth-order valence-corrected chi connectivity index (χ4v) is 3.01. The van der Waals surface area contributed by atoms with Gasteiger partial charge < -0.3 is 13.9 Å². The Balaban J connectivity index is 1.57. The molecule has 0 atom stereocenters. The van der Waals surface area contributed by atoms with Crippen LogP contribution in [0.4, 0.5) is 0 Å². The summed E-state index contributed by atoms with van der Waals surface area (Å²) >= 11 is 0. The van der Waals surface area contributed by atoms with Gasteiger partial charge in [-0.3, -0.25) is 9.59 Å². The van der Waals surface area contributed by atoms with Crippen molar-refractivity contribution in [3.63, 3.8) is 0 Å². The quantitative estimate of drug-likeness (QED) is 0.333. The van der Waals surface area contributed by atoms with Crippen molar-refractivity contribution in [3.8, 4) is 11.5 Å². The number of carbonyl (C=O) groups is 2. The van der Waals surface area contributed by atoms with E-state index in [0.717, 1.165) is 22.6 Å². The Morgan fingerprint density at radius 1 is 0.686 bits per heavy atom. The number of hydrogen-bond acceptors (Lipinski definition) is 7. The lowest BCUT2D eigenvalue weighted by atomic mass is 10.1. The molecule has 0 unspecified atom stereocenters. The van der Waals surface area contributed by atoms with Crippen molar-refractivity contribution in [2.45, 2.75) is 27.7 Å². The predicted molar refractivity (Wildman–Crippen MR) is 133 cm³/mol. The zero-order valence-corrected chi connectivity index (χ0v) is 20.1. The first kappa shape index (κ1) is 25.2. The largest absolute Gasteiger partial charge is 0.494 e. The van der Waals surface area contributed by atoms with Crippen LogP contribution in [0.3, 0.4) is 0 Å². The van der Waals surface area contributed by atoms with E-state index in [4.69, 9.17) is 13.9 Å². The Morgan fingerprint density at radius 3 is 1.40 bits per heavy atom. The summed E-state index contributed by atoms with van der Waals surface area (Å²) in [5.41, 5.74) is 7.72. The molecule has 2 amide bonds. The molecule has 1 heterocycles. The van der Waals surface area contributed by atoms with Gasteiger partial charge in [-0.15, -0.1) is 0 Å². The smallest absolute Gasteiger partial charge is 0.307 e. The fraction of sp³-hybridized carbons (Fsp3) is 0.231. The lowest BCUT2D eigenvalue weighted by Gasteiger charge is -2.05. The molecule has 0 aliphatic rings. The Morgan fingerprint density at radius 2 is 1.06 bits per heavy atom. The Labute approximate surface area is 203 Å². The van der Waals surface area contributed by atoms with E-state index in [1.165, 1.54) is 12.1 Å². The third kappa shape index (κ3) is 7.04. The van der Waals surface area contributed by atoms with Gasteiger partial charge in [-0.2, -0.15) is 10.2 Å². The van der Waals surface area contributed by atoms with Gasteiger partial charge in [0.2, 0.25) is 0 Å². The standard InChI is InChI=1S/C26H28N4O5/c1-5-33-21-11-7-19(8-12-21)17(3)27-29-25(31)23-15-16-24(35-23)26(32)30-28-18(4)20-9-13-22(14-10-20)34-6-2/h7-16H,5-6H2,1-4H3,(H,29,31)(H,30,32)/b27-17+,28-18+. The molecular formula is C26H28N4O5. The predicted octanol–water partition coefficient (Wildman–Crippen LogP) is 4.39. The number of amides is 2. The van der Waals surface area contributed by atoms with Gasteiger partial charge in [-0.25, -0.2) is 10.9 Å². The topological polar surface area (TPSA) is 115 Å². The van der Waals surface area contributed by atoms with Crippen LogP contribution in [-0.2, 0) is 0 Å². The number of furan rings is 1. The van der Waals surface area contributed by atoms with E-state index in [9.17, 15) is 9.59 Å². The molecule has 0 aliphatic carbocycles. The minimum absolute atomic E-state index is 0.0504. The van der Waals surface area contributed by atoms with Gasteiger partial charge in [-0.05, 0) is 99.5 Å². The van der Waals surface area contributed by atoms with Crippen molar-refractivity contribution in [2.75, 3.05) is 13.2 Å². The van der Waals surface area contributed by atoms with E-state index in [1.54, 1.807) is 13.8 Å². The van der Waals surface area contributed by atoms with Crippen LogP contribution in [0.25, 0.3) is 0 Å². The number of rotatable bonds is 10. The molecule has 2 N–H and O–H groups in total. The Bertz CT molecular complexity index is 1120. The Hall–Kier alpha value is -4.40. The van der Waals surface area contributed by atoms with E-state index in [2.05, 4.69) is 21.1 Å². The molecule has 1 aromatic heterocycles. The minimum atomic E-state index is -0.580. The highest BCUT2D eigenvalue weighted by molar-refractivity contribution is 6.02. The van der Waals surface area contributed by atoms with Gasteiger partial charge in [0.15, 0.2) is 11.5 Å². The number of hydrogen-bond donors (Lipinski definition) is 2. The first-order valence-corrected chi connectivity index (χ1v) is 11.2. The van der Waals surface area contributed by atoms with Crippen molar-refractivity contribution in [1.82, 2.24) is 10.9 Å². The number of carbonyl (C=O) groups excluding carboxylic acids is 2. The van der Waals surface area contributed by atoms with Crippen LogP contribution >= 0.6 is 0 Å². The minimum Gasteiger partial charge on any atom is -0.494 e. The summed E-state index contributed by atoms with van der Waals surface area (Å²) in [5.74, 6) is 0.255. The second-order valence-electron chi connectivity index (χ2n) is 7.35. The van der Waals surface area contributed by atoms with Gasteiger partial charge in [0.1, 0.15) is 11.5 Å². The van der Waals surface area contributed by atoms with Crippen LogP contribution in [0.1, 0.15) is 59.9 Å². The van der Waals surface area contributed by atoms with Gasteiger partial charge in [0.25, 0.3) is 0 Å². The van der Waals surface area contributed by atoms with Crippen molar-refractivity contribution in [3.05, 3.63) is 83.3 Å². The lowest BCUT2D eigenvalue weighted by Crippen LogP contribution is -2.20. The van der Waals surface area contributed by atoms with Crippen molar-refractivity contribution >= 4 is 23.2 Å². The third-order valence-electron chi connectivity index (χ3n) is 4.87. The molecule has 0 aliphatic heterocycles. The average Bonchev–Trinajstić information content (AvgIpc) is 3.37. The highest BCUT2D eigenvalue weighted by atomic mass is 16.5. The molecule has 3 rings (SSSR count). The first-order chi connectivity index (χ1) is 16.9. The van der Waals surface area contributed by atoms with Crippen molar-refractivity contribution in [1.29, 1.82) is 0 Å². The van der Waals surface area contributed by atoms with Gasteiger partial charge in [-0.1, -0.05) is 0 Å². The van der Waals surface area contributed by atoms with E-state index in [-0.39, 0.29) is 11.5 Å². The summed E-state index contributed by atoms with van der Waals surface area (Å²) < 4.78 is 16.2. The number of nitrogens with one attached hydrogen (secondary N) is 2. The molecule has 3 aromatic rings. The molecular weight excluding hydrogens is 448 g/mol. The van der Waals surface area contributed by atoms with Gasteiger partial charge in [0.05, 0.1) is 24.6 Å². The molecule has 0 bridgehead atoms. The summed E-state index contributed by atoms with van der Waals surface area (Å²) in [7, 11) is 0. The fourth-order valence-electron chi connectivity index (χ4n) is 3.01. The molecule has 9 heteroatoms. The molecule has 0 saturated carbocycles. The third-order valence-corrected chi connectivity index (χ3v) is 4.87. The Kier molecular flexibility index (Phi) is 8.77. The van der Waals surface area contributed by atoms with Gasteiger partial charge >= 0.3 is 11.8 Å². The van der Waals surface area contributed by atoms with E-state index < -0.39 is 11.8 Å². The zero-order chi connectivity index (χ0) is 25.2. The van der Waals surface area contributed by atoms with Crippen LogP contribution in [0.2, 0.25) is 0 Å². The second-order valence-corrected chi connectivity index (χ2v) is 7.35. The SMILES string of the molecule is CCOc1ccc(/C(C)=N/NC(=O)c2ccc(C(=O)N/N=C(\C)c3ccc(OCC)cc3)o2)cc1. The summed E-state index contributed by atoms with van der Waals surface area (Å²) in [6.45, 7) is 8.53. The highest BCUT2D eigenvalue weighted by Crippen LogP contribution is 2.14. The maximum absolute atomic E-state index is 12.4. The van der Waals surface area contributed by atoms with Crippen LogP contribution in [0.15, 0.2) is 75.3 Å². The van der Waals surface area contributed by atoms with Gasteiger partial charge in [0, 0.05) is 0 Å². The van der Waals surface area contributed by atoms with Crippen LogP contribution in [-0.4, -0.2) is 36.5 Å². The number of ether oxygens (including phenoxy) is 2. The van der Waals surface area contributed by atoms with E-state index >= 15 is 0 Å². The number of benzene rings is 2. The maximum atomic E-state index is 12.4. The average molecular weight is 477 g/mol. The van der Waals surface area contributed by atoms with Crippen molar-refractivity contribution < 1.29 is 23.5 Å². The molecule has 35 heavy (non-hydrogen) atoms. The van der Waals surface area contributed by atoms with Crippen molar-refractivity contribution in [2.24, 2.45) is 10.2 Å². The monoisotopic (exact) mass is 476 g/mol. The normalized spacial score (nSPS) is 11.7. The summed E-state index contributed by atoms with van der Waals surface area (Å²) in [6.07, 6.45) is 0. The van der Waals surface area contributed by atoms with Crippen LogP contribution in [0.5, 0.6) is 11.5 Å². The van der Waals surface area contributed by atoms with E-state index in [1.807, 2.05) is 62.4 Å². The summed E-state index contributed by atoms with van der Waals surface area (Å²) in [4.78, 5) is 24.8. The molecule has 0 spiro atoms. The molecule has 0 saturated heterocycles. The number of hydrazone groups is 2. The molecule has 0 radical (unpaired) electrons. The van der Waals surface area contributed by atoms with Crippen LogP contribution in [0, 0.1) is 0 Å². The maximum Gasteiger partial charge on any atom is 0.307 e. The molecule has 2 aromatic carbocycles. The molecule has 0 fully saturated rings. The highest BCUT2D eigenvalue weighted by Gasteiger charge is 2.15.